The molecule has 15 heavy (non-hydrogen) atoms. The minimum Gasteiger partial charge on any atom is -0.284 e. The van der Waals surface area contributed by atoms with Gasteiger partial charge in [-0.3, -0.25) is 9.48 Å². The number of hydrogen-bond donors (Lipinski definition) is 0. The minimum absolute atomic E-state index is 0.127. The summed E-state index contributed by atoms with van der Waals surface area (Å²) in [6.45, 7) is 10.5. The molecule has 0 bridgehead atoms. The molecule has 0 aliphatic carbocycles. The van der Waals surface area contributed by atoms with Gasteiger partial charge in [-0.15, -0.1) is 0 Å². The minimum atomic E-state index is 0.127. The first kappa shape index (κ1) is 12.1. The van der Waals surface area contributed by atoms with E-state index in [0.717, 1.165) is 18.5 Å². The lowest BCUT2D eigenvalue weighted by atomic mass is 10.2. The number of nitrogens with zero attached hydrogens (tertiary/aromatic N) is 2. The van der Waals surface area contributed by atoms with Gasteiger partial charge in [0.15, 0.2) is 0 Å². The van der Waals surface area contributed by atoms with Gasteiger partial charge in [0.2, 0.25) is 0 Å². The van der Waals surface area contributed by atoms with E-state index >= 15 is 0 Å². The standard InChI is InChI=1S/C12H22N2O/c1-6-9(3)13-11(5)8-12(15)14(13)10(4)7-2/h8-10H,6-7H2,1-5H3/t9-,10+/m1/s1. The van der Waals surface area contributed by atoms with E-state index in [9.17, 15) is 4.79 Å². The van der Waals surface area contributed by atoms with E-state index in [-0.39, 0.29) is 11.6 Å². The Kier molecular flexibility index (Phi) is 3.77. The van der Waals surface area contributed by atoms with E-state index < -0.39 is 0 Å². The third kappa shape index (κ3) is 2.16. The summed E-state index contributed by atoms with van der Waals surface area (Å²) in [6.07, 6.45) is 2.03. The van der Waals surface area contributed by atoms with Gasteiger partial charge in [-0.1, -0.05) is 13.8 Å². The van der Waals surface area contributed by atoms with Gasteiger partial charge >= 0.3 is 0 Å². The zero-order chi connectivity index (χ0) is 11.6. The van der Waals surface area contributed by atoms with E-state index in [0.29, 0.717) is 6.04 Å². The molecule has 2 atom stereocenters. The molecule has 1 aromatic heterocycles. The Bertz CT molecular complexity index is 375. The molecular weight excluding hydrogens is 188 g/mol. The molecule has 86 valence electrons. The molecule has 3 heteroatoms. The van der Waals surface area contributed by atoms with Crippen molar-refractivity contribution < 1.29 is 0 Å². The molecule has 0 saturated heterocycles. The lowest BCUT2D eigenvalue weighted by Crippen LogP contribution is -2.27. The van der Waals surface area contributed by atoms with Crippen LogP contribution in [0, 0.1) is 6.92 Å². The van der Waals surface area contributed by atoms with Crippen LogP contribution in [-0.4, -0.2) is 9.36 Å². The van der Waals surface area contributed by atoms with Crippen LogP contribution in [0.25, 0.3) is 0 Å². The molecule has 1 aromatic rings. The van der Waals surface area contributed by atoms with Crippen LogP contribution in [0.5, 0.6) is 0 Å². The van der Waals surface area contributed by atoms with E-state index in [1.165, 1.54) is 0 Å². The van der Waals surface area contributed by atoms with Crippen molar-refractivity contribution >= 4 is 0 Å². The van der Waals surface area contributed by atoms with Gasteiger partial charge in [-0.05, 0) is 33.6 Å². The van der Waals surface area contributed by atoms with Crippen molar-refractivity contribution in [1.82, 2.24) is 9.36 Å². The Morgan fingerprint density at radius 3 is 2.07 bits per heavy atom. The Morgan fingerprint density at radius 2 is 1.60 bits per heavy atom. The fourth-order valence-corrected chi connectivity index (χ4v) is 1.92. The molecule has 0 spiro atoms. The summed E-state index contributed by atoms with van der Waals surface area (Å²) in [6, 6.07) is 2.40. The van der Waals surface area contributed by atoms with Crippen molar-refractivity contribution in [1.29, 1.82) is 0 Å². The SMILES string of the molecule is CC[C@@H](C)n1c(C)cc(=O)n1[C@@H](C)CC. The molecule has 3 nitrogen and oxygen atoms in total. The van der Waals surface area contributed by atoms with E-state index in [2.05, 4.69) is 32.4 Å². The summed E-state index contributed by atoms with van der Waals surface area (Å²) in [5.41, 5.74) is 1.19. The van der Waals surface area contributed by atoms with Crippen molar-refractivity contribution in [3.05, 3.63) is 22.1 Å². The van der Waals surface area contributed by atoms with Crippen LogP contribution in [0.2, 0.25) is 0 Å². The van der Waals surface area contributed by atoms with Crippen molar-refractivity contribution in [2.24, 2.45) is 0 Å². The van der Waals surface area contributed by atoms with Gasteiger partial charge in [-0.25, -0.2) is 4.68 Å². The van der Waals surface area contributed by atoms with Gasteiger partial charge in [0.1, 0.15) is 0 Å². The van der Waals surface area contributed by atoms with Crippen molar-refractivity contribution in [3.63, 3.8) is 0 Å². The topological polar surface area (TPSA) is 26.9 Å². The Labute approximate surface area is 91.7 Å². The highest BCUT2D eigenvalue weighted by Crippen LogP contribution is 2.16. The first-order chi connectivity index (χ1) is 7.02. The number of aromatic nitrogens is 2. The third-order valence-electron chi connectivity index (χ3n) is 3.17. The summed E-state index contributed by atoms with van der Waals surface area (Å²) in [5, 5.41) is 0. The lowest BCUT2D eigenvalue weighted by Gasteiger charge is -2.23. The summed E-state index contributed by atoms with van der Waals surface area (Å²) >= 11 is 0. The highest BCUT2D eigenvalue weighted by atomic mass is 16.1. The molecule has 0 aliphatic rings. The van der Waals surface area contributed by atoms with Gasteiger partial charge in [-0.2, -0.15) is 0 Å². The fourth-order valence-electron chi connectivity index (χ4n) is 1.92. The zero-order valence-electron chi connectivity index (χ0n) is 10.4. The predicted octanol–water partition coefficient (Wildman–Crippen LogP) is 2.90. The smallest absolute Gasteiger partial charge is 0.267 e. The second-order valence-corrected chi connectivity index (χ2v) is 4.33. The second kappa shape index (κ2) is 4.69. The average Bonchev–Trinajstić information content (AvgIpc) is 2.51. The Morgan fingerprint density at radius 1 is 1.13 bits per heavy atom. The molecule has 0 aromatic carbocycles. The normalized spacial score (nSPS) is 15.3. The van der Waals surface area contributed by atoms with Crippen LogP contribution in [0.4, 0.5) is 0 Å². The highest BCUT2D eigenvalue weighted by molar-refractivity contribution is 5.01. The summed E-state index contributed by atoms with van der Waals surface area (Å²) in [5.74, 6) is 0. The van der Waals surface area contributed by atoms with Gasteiger partial charge in [0, 0.05) is 17.8 Å². The van der Waals surface area contributed by atoms with E-state index in [4.69, 9.17) is 0 Å². The first-order valence-corrected chi connectivity index (χ1v) is 5.83. The highest BCUT2D eigenvalue weighted by Gasteiger charge is 2.15. The summed E-state index contributed by atoms with van der Waals surface area (Å²) in [4.78, 5) is 11.8. The van der Waals surface area contributed by atoms with Gasteiger partial charge in [0.05, 0.1) is 6.04 Å². The van der Waals surface area contributed by atoms with E-state index in [1.54, 1.807) is 6.07 Å². The van der Waals surface area contributed by atoms with Gasteiger partial charge < -0.3 is 0 Å². The lowest BCUT2D eigenvalue weighted by molar-refractivity contribution is 0.321. The summed E-state index contributed by atoms with van der Waals surface area (Å²) in [7, 11) is 0. The molecule has 1 heterocycles. The van der Waals surface area contributed by atoms with E-state index in [1.807, 2.05) is 11.6 Å². The monoisotopic (exact) mass is 210 g/mol. The zero-order valence-corrected chi connectivity index (χ0v) is 10.4. The van der Waals surface area contributed by atoms with Crippen LogP contribution in [0.1, 0.15) is 58.3 Å². The molecule has 0 unspecified atom stereocenters. The van der Waals surface area contributed by atoms with Crippen LogP contribution in [0.3, 0.4) is 0 Å². The van der Waals surface area contributed by atoms with Crippen LogP contribution in [0.15, 0.2) is 10.9 Å². The maximum Gasteiger partial charge on any atom is 0.267 e. The Balaban J connectivity index is 3.29. The van der Waals surface area contributed by atoms with Crippen LogP contribution >= 0.6 is 0 Å². The number of rotatable bonds is 4. The molecule has 0 saturated carbocycles. The predicted molar refractivity (Wildman–Crippen MR) is 63.4 cm³/mol. The third-order valence-corrected chi connectivity index (χ3v) is 3.17. The number of hydrogen-bond acceptors (Lipinski definition) is 1. The fraction of sp³-hybridized carbons (Fsp3) is 0.750. The van der Waals surface area contributed by atoms with Crippen molar-refractivity contribution in [2.75, 3.05) is 0 Å². The quantitative estimate of drug-likeness (QED) is 0.750. The molecular formula is C12H22N2O. The van der Waals surface area contributed by atoms with Crippen molar-refractivity contribution in [2.45, 2.75) is 59.5 Å². The van der Waals surface area contributed by atoms with Crippen LogP contribution in [-0.2, 0) is 0 Å². The molecule has 0 N–H and O–H groups in total. The van der Waals surface area contributed by atoms with Crippen molar-refractivity contribution in [3.8, 4) is 0 Å². The maximum absolute atomic E-state index is 11.8. The maximum atomic E-state index is 11.8. The second-order valence-electron chi connectivity index (χ2n) is 4.33. The first-order valence-electron chi connectivity index (χ1n) is 5.83. The van der Waals surface area contributed by atoms with Crippen LogP contribution < -0.4 is 5.56 Å². The molecule has 0 amide bonds. The molecule has 1 rings (SSSR count). The number of aryl methyl sites for hydroxylation is 1. The van der Waals surface area contributed by atoms with Gasteiger partial charge in [0.25, 0.3) is 5.56 Å². The summed E-state index contributed by atoms with van der Waals surface area (Å²) < 4.78 is 4.03. The molecule has 0 fully saturated rings. The molecule has 0 radical (unpaired) electrons. The Hall–Kier alpha value is -0.990. The largest absolute Gasteiger partial charge is 0.284 e. The average molecular weight is 210 g/mol. The molecule has 0 aliphatic heterocycles.